The number of carboxylic acid groups (broad SMARTS) is 1. The summed E-state index contributed by atoms with van der Waals surface area (Å²) < 4.78 is 13.5. The van der Waals surface area contributed by atoms with Crippen LogP contribution in [0.3, 0.4) is 0 Å². The van der Waals surface area contributed by atoms with Crippen LogP contribution >= 0.6 is 15.9 Å². The summed E-state index contributed by atoms with van der Waals surface area (Å²) >= 11 is 3.12. The lowest BCUT2D eigenvalue weighted by molar-refractivity contribution is -0.140. The van der Waals surface area contributed by atoms with E-state index < -0.39 is 12.0 Å². The topological polar surface area (TPSA) is 49.3 Å². The maximum absolute atomic E-state index is 13.1. The van der Waals surface area contributed by atoms with Gasteiger partial charge in [-0.25, -0.2) is 4.39 Å². The quantitative estimate of drug-likeness (QED) is 0.875. The number of hydrogen-bond acceptors (Lipinski definition) is 2. The number of benzene rings is 1. The van der Waals surface area contributed by atoms with E-state index in [1.807, 2.05) is 20.8 Å². The average Bonchev–Trinajstić information content (AvgIpc) is 2.28. The lowest BCUT2D eigenvalue weighted by Gasteiger charge is -2.23. The first-order valence-electron chi connectivity index (χ1n) is 5.76. The minimum Gasteiger partial charge on any atom is -0.480 e. The van der Waals surface area contributed by atoms with Gasteiger partial charge in [0.05, 0.1) is 4.47 Å². The SMILES string of the molecule is CC(NC(C(=O)O)C(C)C)c1ccc(F)c(Br)c1. The van der Waals surface area contributed by atoms with Gasteiger partial charge >= 0.3 is 5.97 Å². The van der Waals surface area contributed by atoms with Crippen LogP contribution in [0.25, 0.3) is 0 Å². The first-order chi connectivity index (χ1) is 8.32. The van der Waals surface area contributed by atoms with Gasteiger partial charge in [-0.15, -0.1) is 0 Å². The highest BCUT2D eigenvalue weighted by Gasteiger charge is 2.23. The zero-order valence-electron chi connectivity index (χ0n) is 10.6. The fourth-order valence-corrected chi connectivity index (χ4v) is 2.09. The summed E-state index contributed by atoms with van der Waals surface area (Å²) in [4.78, 5) is 11.1. The molecule has 2 unspecified atom stereocenters. The molecule has 1 aromatic rings. The second-order valence-corrected chi connectivity index (χ2v) is 5.48. The van der Waals surface area contributed by atoms with E-state index in [1.165, 1.54) is 6.07 Å². The minimum atomic E-state index is -0.877. The second-order valence-electron chi connectivity index (χ2n) is 4.62. The molecular formula is C13H17BrFNO2. The fraction of sp³-hybridized carbons (Fsp3) is 0.462. The normalized spacial score (nSPS) is 14.6. The summed E-state index contributed by atoms with van der Waals surface area (Å²) in [5.41, 5.74) is 0.843. The van der Waals surface area contributed by atoms with E-state index in [9.17, 15) is 9.18 Å². The molecule has 0 spiro atoms. The molecule has 0 aromatic heterocycles. The zero-order chi connectivity index (χ0) is 13.9. The Bertz CT molecular complexity index is 437. The van der Waals surface area contributed by atoms with Crippen molar-refractivity contribution in [3.8, 4) is 0 Å². The predicted octanol–water partition coefficient (Wildman–Crippen LogP) is 3.35. The van der Waals surface area contributed by atoms with Gasteiger partial charge in [-0.3, -0.25) is 10.1 Å². The number of hydrogen-bond donors (Lipinski definition) is 2. The van der Waals surface area contributed by atoms with E-state index >= 15 is 0 Å². The molecule has 0 heterocycles. The third-order valence-electron chi connectivity index (χ3n) is 2.81. The predicted molar refractivity (Wildman–Crippen MR) is 71.9 cm³/mol. The van der Waals surface area contributed by atoms with Crippen molar-refractivity contribution in [3.63, 3.8) is 0 Å². The minimum absolute atomic E-state index is 0.0196. The third kappa shape index (κ3) is 3.78. The summed E-state index contributed by atoms with van der Waals surface area (Å²) in [6.07, 6.45) is 0. The molecule has 1 aromatic carbocycles. The molecule has 0 bridgehead atoms. The summed E-state index contributed by atoms with van der Waals surface area (Å²) in [7, 11) is 0. The van der Waals surface area contributed by atoms with Gasteiger partial charge in [-0.05, 0) is 46.5 Å². The zero-order valence-corrected chi connectivity index (χ0v) is 12.2. The third-order valence-corrected chi connectivity index (χ3v) is 3.41. The number of carboxylic acids is 1. The number of carbonyl (C=O) groups is 1. The van der Waals surface area contributed by atoms with Crippen molar-refractivity contribution in [3.05, 3.63) is 34.1 Å². The fourth-order valence-electron chi connectivity index (χ4n) is 1.70. The van der Waals surface area contributed by atoms with E-state index in [0.29, 0.717) is 4.47 Å². The van der Waals surface area contributed by atoms with E-state index in [2.05, 4.69) is 21.2 Å². The molecule has 0 saturated carbocycles. The highest BCUT2D eigenvalue weighted by molar-refractivity contribution is 9.10. The molecule has 100 valence electrons. The van der Waals surface area contributed by atoms with Crippen molar-refractivity contribution >= 4 is 21.9 Å². The Balaban J connectivity index is 2.83. The van der Waals surface area contributed by atoms with Crippen LogP contribution in [0, 0.1) is 11.7 Å². The van der Waals surface area contributed by atoms with Crippen LogP contribution in [0.5, 0.6) is 0 Å². The molecule has 18 heavy (non-hydrogen) atoms. The highest BCUT2D eigenvalue weighted by atomic mass is 79.9. The lowest BCUT2D eigenvalue weighted by Crippen LogP contribution is -2.42. The van der Waals surface area contributed by atoms with Crippen LogP contribution in [0.2, 0.25) is 0 Å². The van der Waals surface area contributed by atoms with Crippen LogP contribution in [0.4, 0.5) is 4.39 Å². The summed E-state index contributed by atoms with van der Waals surface area (Å²) in [5.74, 6) is -1.23. The smallest absolute Gasteiger partial charge is 0.320 e. The standard InChI is InChI=1S/C13H17BrFNO2/c1-7(2)12(13(17)18)16-8(3)9-4-5-11(15)10(14)6-9/h4-8,12,16H,1-3H3,(H,17,18). The molecule has 0 radical (unpaired) electrons. The van der Waals surface area contributed by atoms with Crippen molar-refractivity contribution in [2.24, 2.45) is 5.92 Å². The molecule has 0 aliphatic carbocycles. The molecule has 5 heteroatoms. The monoisotopic (exact) mass is 317 g/mol. The Morgan fingerprint density at radius 2 is 2.00 bits per heavy atom. The highest BCUT2D eigenvalue weighted by Crippen LogP contribution is 2.22. The van der Waals surface area contributed by atoms with Gasteiger partial charge in [0.25, 0.3) is 0 Å². The van der Waals surface area contributed by atoms with Crippen LogP contribution in [-0.4, -0.2) is 17.1 Å². The lowest BCUT2D eigenvalue weighted by atomic mass is 10.0. The largest absolute Gasteiger partial charge is 0.480 e. The average molecular weight is 318 g/mol. The Morgan fingerprint density at radius 1 is 1.39 bits per heavy atom. The van der Waals surface area contributed by atoms with Gasteiger partial charge in [0.15, 0.2) is 0 Å². The summed E-state index contributed by atoms with van der Waals surface area (Å²) in [5, 5.41) is 12.1. The molecular weight excluding hydrogens is 301 g/mol. The molecule has 0 aliphatic rings. The van der Waals surface area contributed by atoms with Crippen LogP contribution in [0.15, 0.2) is 22.7 Å². The molecule has 1 rings (SSSR count). The molecule has 0 amide bonds. The maximum Gasteiger partial charge on any atom is 0.320 e. The molecule has 2 N–H and O–H groups in total. The summed E-state index contributed by atoms with van der Waals surface area (Å²) in [6.45, 7) is 5.55. The Kier molecular flexibility index (Phi) is 5.28. The van der Waals surface area contributed by atoms with Crippen molar-refractivity contribution in [2.75, 3.05) is 0 Å². The van der Waals surface area contributed by atoms with Gasteiger partial charge in [0, 0.05) is 6.04 Å². The number of rotatable bonds is 5. The van der Waals surface area contributed by atoms with E-state index in [1.54, 1.807) is 12.1 Å². The van der Waals surface area contributed by atoms with Crippen LogP contribution < -0.4 is 5.32 Å². The summed E-state index contributed by atoms with van der Waals surface area (Å²) in [6, 6.07) is 3.89. The second kappa shape index (κ2) is 6.29. The van der Waals surface area contributed by atoms with Crippen molar-refractivity contribution in [1.82, 2.24) is 5.32 Å². The Hall–Kier alpha value is -0.940. The van der Waals surface area contributed by atoms with E-state index in [0.717, 1.165) is 5.56 Å². The van der Waals surface area contributed by atoms with E-state index in [-0.39, 0.29) is 17.8 Å². The Labute approximate surface area is 115 Å². The van der Waals surface area contributed by atoms with Gasteiger partial charge in [0.2, 0.25) is 0 Å². The maximum atomic E-state index is 13.1. The molecule has 3 nitrogen and oxygen atoms in total. The Morgan fingerprint density at radius 3 is 2.44 bits per heavy atom. The molecule has 0 aliphatic heterocycles. The van der Waals surface area contributed by atoms with Gasteiger partial charge in [-0.1, -0.05) is 19.9 Å². The number of aliphatic carboxylic acids is 1. The first-order valence-corrected chi connectivity index (χ1v) is 6.56. The molecule has 0 saturated heterocycles. The van der Waals surface area contributed by atoms with Gasteiger partial charge in [-0.2, -0.15) is 0 Å². The van der Waals surface area contributed by atoms with Crippen molar-refractivity contribution in [1.29, 1.82) is 0 Å². The van der Waals surface area contributed by atoms with Crippen molar-refractivity contribution < 1.29 is 14.3 Å². The number of halogens is 2. The van der Waals surface area contributed by atoms with Crippen LogP contribution in [-0.2, 0) is 4.79 Å². The first kappa shape index (κ1) is 15.1. The molecule has 2 atom stereocenters. The van der Waals surface area contributed by atoms with Gasteiger partial charge < -0.3 is 5.11 Å². The number of nitrogens with one attached hydrogen (secondary N) is 1. The van der Waals surface area contributed by atoms with Crippen LogP contribution in [0.1, 0.15) is 32.4 Å². The van der Waals surface area contributed by atoms with Crippen molar-refractivity contribution in [2.45, 2.75) is 32.9 Å². The molecule has 0 fully saturated rings. The van der Waals surface area contributed by atoms with E-state index in [4.69, 9.17) is 5.11 Å². The van der Waals surface area contributed by atoms with Gasteiger partial charge in [0.1, 0.15) is 11.9 Å².